The van der Waals surface area contributed by atoms with Crippen LogP contribution in [0.5, 0.6) is 0 Å². The number of nitrogens with zero attached hydrogens (tertiary/aromatic N) is 4. The van der Waals surface area contributed by atoms with Crippen LogP contribution < -0.4 is 10.6 Å². The van der Waals surface area contributed by atoms with Gasteiger partial charge in [0.25, 0.3) is 0 Å². The number of fused-ring (bicyclic) bond motifs is 1. The van der Waals surface area contributed by atoms with Gasteiger partial charge < -0.3 is 15.2 Å². The molecular weight excluding hydrogens is 310 g/mol. The van der Waals surface area contributed by atoms with E-state index in [1.165, 1.54) is 15.9 Å². The van der Waals surface area contributed by atoms with Gasteiger partial charge in [0.15, 0.2) is 5.82 Å². The van der Waals surface area contributed by atoms with Crippen molar-refractivity contribution in [3.63, 3.8) is 0 Å². The van der Waals surface area contributed by atoms with Crippen molar-refractivity contribution in [3.05, 3.63) is 36.7 Å². The zero-order valence-corrected chi connectivity index (χ0v) is 13.3. The molecule has 1 aromatic carbocycles. The average Bonchev–Trinajstić information content (AvgIpc) is 3.17. The van der Waals surface area contributed by atoms with E-state index in [1.54, 1.807) is 14.1 Å². The fourth-order valence-corrected chi connectivity index (χ4v) is 2.16. The third kappa shape index (κ3) is 3.35. The van der Waals surface area contributed by atoms with Gasteiger partial charge in [0.1, 0.15) is 6.54 Å². The number of benzene rings is 1. The van der Waals surface area contributed by atoms with Crippen molar-refractivity contribution in [1.29, 1.82) is 0 Å². The highest BCUT2D eigenvalue weighted by Crippen LogP contribution is 2.21. The third-order valence-electron chi connectivity index (χ3n) is 3.32. The SMILES string of the molecule is CN(C)C(=O)Nc1cnn(CC(=O)Nc2cccc3cc[nH]c23)n1. The number of aromatic amines is 1. The van der Waals surface area contributed by atoms with E-state index in [-0.39, 0.29) is 24.3 Å². The molecule has 0 bridgehead atoms. The highest BCUT2D eigenvalue weighted by Gasteiger charge is 2.11. The van der Waals surface area contributed by atoms with Crippen LogP contribution in [-0.4, -0.2) is 50.9 Å². The first-order chi connectivity index (χ1) is 11.5. The van der Waals surface area contributed by atoms with Crippen molar-refractivity contribution in [1.82, 2.24) is 24.9 Å². The number of carbonyl (C=O) groups excluding carboxylic acids is 2. The summed E-state index contributed by atoms with van der Waals surface area (Å²) in [6.07, 6.45) is 3.20. The fourth-order valence-electron chi connectivity index (χ4n) is 2.16. The number of urea groups is 1. The number of para-hydroxylation sites is 1. The van der Waals surface area contributed by atoms with E-state index in [4.69, 9.17) is 0 Å². The molecule has 3 aromatic rings. The van der Waals surface area contributed by atoms with Crippen LogP contribution in [0.25, 0.3) is 10.9 Å². The molecule has 0 saturated heterocycles. The van der Waals surface area contributed by atoms with E-state index in [2.05, 4.69) is 25.8 Å². The number of H-pyrrole nitrogens is 1. The average molecular weight is 327 g/mol. The first-order valence-corrected chi connectivity index (χ1v) is 7.27. The summed E-state index contributed by atoms with van der Waals surface area (Å²) in [6.45, 7) is -0.0606. The number of carbonyl (C=O) groups is 2. The van der Waals surface area contributed by atoms with E-state index in [0.29, 0.717) is 5.69 Å². The maximum absolute atomic E-state index is 12.2. The lowest BCUT2D eigenvalue weighted by Crippen LogP contribution is -2.27. The van der Waals surface area contributed by atoms with E-state index < -0.39 is 0 Å². The number of anilines is 2. The van der Waals surface area contributed by atoms with Crippen LogP contribution in [-0.2, 0) is 11.3 Å². The highest BCUT2D eigenvalue weighted by molar-refractivity contribution is 6.00. The Hall–Kier alpha value is -3.36. The minimum atomic E-state index is -0.315. The summed E-state index contributed by atoms with van der Waals surface area (Å²) in [4.78, 5) is 29.4. The molecule has 24 heavy (non-hydrogen) atoms. The van der Waals surface area contributed by atoms with Crippen LogP contribution in [0.1, 0.15) is 0 Å². The van der Waals surface area contributed by atoms with E-state index in [9.17, 15) is 9.59 Å². The molecule has 3 amide bonds. The van der Waals surface area contributed by atoms with Crippen molar-refractivity contribution in [2.24, 2.45) is 0 Å². The molecule has 0 aliphatic rings. The summed E-state index contributed by atoms with van der Waals surface area (Å²) in [7, 11) is 3.24. The summed E-state index contributed by atoms with van der Waals surface area (Å²) in [5.41, 5.74) is 1.55. The molecule has 0 aliphatic heterocycles. The molecule has 3 rings (SSSR count). The van der Waals surface area contributed by atoms with Crippen molar-refractivity contribution >= 4 is 34.3 Å². The Morgan fingerprint density at radius 2 is 2.08 bits per heavy atom. The maximum atomic E-state index is 12.2. The van der Waals surface area contributed by atoms with Gasteiger partial charge in [-0.3, -0.25) is 10.1 Å². The number of hydrogen-bond acceptors (Lipinski definition) is 4. The van der Waals surface area contributed by atoms with Gasteiger partial charge in [-0.1, -0.05) is 12.1 Å². The van der Waals surface area contributed by atoms with Gasteiger partial charge in [-0.05, 0) is 12.1 Å². The van der Waals surface area contributed by atoms with Gasteiger partial charge in [0, 0.05) is 25.7 Å². The maximum Gasteiger partial charge on any atom is 0.322 e. The Kier molecular flexibility index (Phi) is 4.15. The lowest BCUT2D eigenvalue weighted by molar-refractivity contribution is -0.117. The molecule has 0 spiro atoms. The topological polar surface area (TPSA) is 108 Å². The monoisotopic (exact) mass is 327 g/mol. The highest BCUT2D eigenvalue weighted by atomic mass is 16.2. The zero-order valence-electron chi connectivity index (χ0n) is 13.3. The number of hydrogen-bond donors (Lipinski definition) is 3. The molecule has 124 valence electrons. The van der Waals surface area contributed by atoms with Gasteiger partial charge >= 0.3 is 6.03 Å². The Morgan fingerprint density at radius 3 is 2.88 bits per heavy atom. The van der Waals surface area contributed by atoms with Crippen molar-refractivity contribution in [3.8, 4) is 0 Å². The Labute approximate surface area is 137 Å². The smallest absolute Gasteiger partial charge is 0.322 e. The molecule has 9 heteroatoms. The number of rotatable bonds is 4. The number of nitrogens with one attached hydrogen (secondary N) is 3. The fraction of sp³-hybridized carbons (Fsp3) is 0.200. The minimum Gasteiger partial charge on any atom is -0.359 e. The van der Waals surface area contributed by atoms with E-state index in [0.717, 1.165) is 10.9 Å². The summed E-state index contributed by atoms with van der Waals surface area (Å²) < 4.78 is 0. The van der Waals surface area contributed by atoms with Gasteiger partial charge in [0.2, 0.25) is 5.91 Å². The third-order valence-corrected chi connectivity index (χ3v) is 3.32. The predicted octanol–water partition coefficient (Wildman–Crippen LogP) is 1.49. The second-order valence-electron chi connectivity index (χ2n) is 5.38. The van der Waals surface area contributed by atoms with Crippen molar-refractivity contribution in [2.45, 2.75) is 6.54 Å². The van der Waals surface area contributed by atoms with Gasteiger partial charge in [0.05, 0.1) is 17.4 Å². The quantitative estimate of drug-likeness (QED) is 0.674. The molecule has 0 saturated carbocycles. The van der Waals surface area contributed by atoms with Crippen LogP contribution >= 0.6 is 0 Å². The molecule has 0 radical (unpaired) electrons. The summed E-state index contributed by atoms with van der Waals surface area (Å²) in [5.74, 6) is 0.0196. The van der Waals surface area contributed by atoms with E-state index in [1.807, 2.05) is 30.5 Å². The summed E-state index contributed by atoms with van der Waals surface area (Å²) >= 11 is 0. The van der Waals surface area contributed by atoms with Gasteiger partial charge in [-0.15, -0.1) is 5.10 Å². The molecule has 0 fully saturated rings. The Morgan fingerprint density at radius 1 is 1.25 bits per heavy atom. The predicted molar refractivity (Wildman–Crippen MR) is 89.7 cm³/mol. The number of amides is 3. The van der Waals surface area contributed by atoms with E-state index >= 15 is 0 Å². The summed E-state index contributed by atoms with van der Waals surface area (Å²) in [6, 6.07) is 7.25. The second kappa shape index (κ2) is 6.41. The molecule has 2 heterocycles. The first kappa shape index (κ1) is 15.5. The van der Waals surface area contributed by atoms with Crippen molar-refractivity contribution in [2.75, 3.05) is 24.7 Å². The Bertz CT molecular complexity index is 881. The van der Waals surface area contributed by atoms with Crippen LogP contribution in [0.4, 0.5) is 16.3 Å². The number of aromatic nitrogens is 4. The Balaban J connectivity index is 1.64. The van der Waals surface area contributed by atoms with Gasteiger partial charge in [-0.2, -0.15) is 9.90 Å². The molecule has 0 aliphatic carbocycles. The van der Waals surface area contributed by atoms with Gasteiger partial charge in [-0.25, -0.2) is 4.79 Å². The molecular formula is C15H17N7O2. The van der Waals surface area contributed by atoms with Crippen molar-refractivity contribution < 1.29 is 9.59 Å². The lowest BCUT2D eigenvalue weighted by Gasteiger charge is -2.09. The van der Waals surface area contributed by atoms with Crippen LogP contribution in [0.15, 0.2) is 36.7 Å². The standard InChI is InChI=1S/C15H17N7O2/c1-21(2)15(24)19-12-8-17-22(20-12)9-13(23)18-11-5-3-4-10-6-7-16-14(10)11/h3-8,16H,9H2,1-2H3,(H,18,23)(H,19,20,24). The van der Waals surface area contributed by atoms with Crippen LogP contribution in [0.2, 0.25) is 0 Å². The van der Waals surface area contributed by atoms with Crippen LogP contribution in [0.3, 0.4) is 0 Å². The first-order valence-electron chi connectivity index (χ1n) is 7.27. The zero-order chi connectivity index (χ0) is 17.1. The molecule has 3 N–H and O–H groups in total. The second-order valence-corrected chi connectivity index (χ2v) is 5.38. The molecule has 9 nitrogen and oxygen atoms in total. The molecule has 0 atom stereocenters. The molecule has 0 unspecified atom stereocenters. The lowest BCUT2D eigenvalue weighted by atomic mass is 10.2. The summed E-state index contributed by atoms with van der Waals surface area (Å²) in [5, 5.41) is 14.4. The minimum absolute atomic E-state index is 0.0606. The molecule has 2 aromatic heterocycles. The van der Waals surface area contributed by atoms with Crippen LogP contribution in [0, 0.1) is 0 Å². The normalized spacial score (nSPS) is 10.6. The largest absolute Gasteiger partial charge is 0.359 e.